The molecule has 2 rings (SSSR count). The third kappa shape index (κ3) is 2.39. The Morgan fingerprint density at radius 1 is 1.41 bits per heavy atom. The fourth-order valence-corrected chi connectivity index (χ4v) is 2.83. The Balaban J connectivity index is 2.36. The zero-order valence-electron chi connectivity index (χ0n) is 10.0. The molecule has 17 heavy (non-hydrogen) atoms. The molecule has 1 aliphatic carbocycles. The highest BCUT2D eigenvalue weighted by Crippen LogP contribution is 2.32. The summed E-state index contributed by atoms with van der Waals surface area (Å²) in [6.45, 7) is 0. The molecular formula is C13H18ClN3. The molecule has 0 aliphatic heterocycles. The van der Waals surface area contributed by atoms with E-state index < -0.39 is 0 Å². The number of nitrogens with zero attached hydrogens (tertiary/aromatic N) is 1. The number of benzene rings is 1. The smallest absolute Gasteiger partial charge is 0.126 e. The number of hydrogen-bond donors (Lipinski definition) is 2. The van der Waals surface area contributed by atoms with E-state index in [4.69, 9.17) is 22.7 Å². The molecule has 1 aromatic carbocycles. The van der Waals surface area contributed by atoms with Crippen LogP contribution in [-0.4, -0.2) is 18.9 Å². The molecular weight excluding hydrogens is 234 g/mol. The monoisotopic (exact) mass is 251 g/mol. The maximum Gasteiger partial charge on any atom is 0.126 e. The number of anilines is 1. The molecule has 3 N–H and O–H groups in total. The summed E-state index contributed by atoms with van der Waals surface area (Å²) in [6.07, 6.45) is 4.98. The second-order valence-corrected chi connectivity index (χ2v) is 5.00. The molecule has 1 aliphatic rings. The van der Waals surface area contributed by atoms with Crippen LogP contribution < -0.4 is 10.6 Å². The van der Waals surface area contributed by atoms with E-state index in [2.05, 4.69) is 11.9 Å². The van der Waals surface area contributed by atoms with E-state index in [-0.39, 0.29) is 5.84 Å². The predicted molar refractivity (Wildman–Crippen MR) is 73.1 cm³/mol. The van der Waals surface area contributed by atoms with Crippen molar-refractivity contribution in [3.63, 3.8) is 0 Å². The van der Waals surface area contributed by atoms with Gasteiger partial charge in [-0.2, -0.15) is 0 Å². The minimum Gasteiger partial charge on any atom is -0.384 e. The average Bonchev–Trinajstić information content (AvgIpc) is 2.80. The highest BCUT2D eigenvalue weighted by atomic mass is 35.5. The van der Waals surface area contributed by atoms with Gasteiger partial charge in [-0.15, -0.1) is 0 Å². The largest absolute Gasteiger partial charge is 0.384 e. The van der Waals surface area contributed by atoms with Gasteiger partial charge in [0.2, 0.25) is 0 Å². The fourth-order valence-electron chi connectivity index (χ4n) is 2.56. The molecule has 0 aromatic heterocycles. The van der Waals surface area contributed by atoms with Crippen LogP contribution in [0.5, 0.6) is 0 Å². The molecule has 0 bridgehead atoms. The standard InChI is InChI=1S/C13H18ClN3/c1-17(9-5-2-3-6-9)11-8-4-7-10(14)12(11)13(15)16/h4,7-9H,2-3,5-6H2,1H3,(H3,15,16). The highest BCUT2D eigenvalue weighted by Gasteiger charge is 2.22. The lowest BCUT2D eigenvalue weighted by Gasteiger charge is -2.28. The van der Waals surface area contributed by atoms with Crippen molar-refractivity contribution in [3.05, 3.63) is 28.8 Å². The van der Waals surface area contributed by atoms with Crippen LogP contribution in [0.1, 0.15) is 31.2 Å². The summed E-state index contributed by atoms with van der Waals surface area (Å²) in [4.78, 5) is 2.22. The summed E-state index contributed by atoms with van der Waals surface area (Å²) < 4.78 is 0. The van der Waals surface area contributed by atoms with Crippen molar-refractivity contribution in [1.29, 1.82) is 5.41 Å². The third-order valence-corrected chi connectivity index (χ3v) is 3.83. The fraction of sp³-hybridized carbons (Fsp3) is 0.462. The topological polar surface area (TPSA) is 53.1 Å². The Labute approximate surface area is 107 Å². The van der Waals surface area contributed by atoms with Crippen LogP contribution in [0.3, 0.4) is 0 Å². The SMILES string of the molecule is CN(c1cccc(Cl)c1C(=N)N)C1CCCC1. The van der Waals surface area contributed by atoms with Crippen molar-refractivity contribution >= 4 is 23.1 Å². The first-order valence-corrected chi connectivity index (χ1v) is 6.35. The van der Waals surface area contributed by atoms with E-state index in [0.717, 1.165) is 5.69 Å². The van der Waals surface area contributed by atoms with Gasteiger partial charge in [-0.1, -0.05) is 30.5 Å². The number of nitrogen functional groups attached to an aromatic ring is 1. The molecule has 0 saturated heterocycles. The van der Waals surface area contributed by atoms with E-state index in [1.165, 1.54) is 25.7 Å². The van der Waals surface area contributed by atoms with Gasteiger partial charge in [-0.3, -0.25) is 5.41 Å². The van der Waals surface area contributed by atoms with Crippen molar-refractivity contribution in [3.8, 4) is 0 Å². The van der Waals surface area contributed by atoms with Crippen molar-refractivity contribution in [1.82, 2.24) is 0 Å². The molecule has 0 radical (unpaired) electrons. The number of halogens is 1. The van der Waals surface area contributed by atoms with Crippen LogP contribution in [0.4, 0.5) is 5.69 Å². The Hall–Kier alpha value is -1.22. The van der Waals surface area contributed by atoms with E-state index in [1.807, 2.05) is 12.1 Å². The Kier molecular flexibility index (Phi) is 3.57. The van der Waals surface area contributed by atoms with E-state index in [9.17, 15) is 0 Å². The second-order valence-electron chi connectivity index (χ2n) is 4.60. The highest BCUT2D eigenvalue weighted by molar-refractivity contribution is 6.34. The minimum absolute atomic E-state index is 0.0375. The zero-order chi connectivity index (χ0) is 12.4. The van der Waals surface area contributed by atoms with Crippen LogP contribution in [0.2, 0.25) is 5.02 Å². The third-order valence-electron chi connectivity index (χ3n) is 3.51. The van der Waals surface area contributed by atoms with Crippen molar-refractivity contribution in [2.24, 2.45) is 5.73 Å². The Morgan fingerprint density at radius 2 is 2.06 bits per heavy atom. The number of nitrogens with two attached hydrogens (primary N) is 1. The molecule has 0 heterocycles. The summed E-state index contributed by atoms with van der Waals surface area (Å²) in [5, 5.41) is 8.20. The summed E-state index contributed by atoms with van der Waals surface area (Å²) in [7, 11) is 2.06. The summed E-state index contributed by atoms with van der Waals surface area (Å²) >= 11 is 6.13. The van der Waals surface area contributed by atoms with Gasteiger partial charge in [0.15, 0.2) is 0 Å². The van der Waals surface area contributed by atoms with Gasteiger partial charge < -0.3 is 10.6 Å². The number of nitrogens with one attached hydrogen (secondary N) is 1. The number of amidine groups is 1. The van der Waals surface area contributed by atoms with Gasteiger partial charge in [0.05, 0.1) is 10.6 Å². The molecule has 0 amide bonds. The number of rotatable bonds is 3. The molecule has 1 aromatic rings. The van der Waals surface area contributed by atoms with Gasteiger partial charge in [-0.25, -0.2) is 0 Å². The first-order valence-electron chi connectivity index (χ1n) is 5.97. The van der Waals surface area contributed by atoms with Crippen molar-refractivity contribution in [2.45, 2.75) is 31.7 Å². The van der Waals surface area contributed by atoms with Gasteiger partial charge in [0.25, 0.3) is 0 Å². The van der Waals surface area contributed by atoms with Gasteiger partial charge in [-0.05, 0) is 25.0 Å². The molecule has 0 spiro atoms. The lowest BCUT2D eigenvalue weighted by atomic mass is 10.1. The van der Waals surface area contributed by atoms with Gasteiger partial charge >= 0.3 is 0 Å². The van der Waals surface area contributed by atoms with Crippen LogP contribution in [-0.2, 0) is 0 Å². The lowest BCUT2D eigenvalue weighted by molar-refractivity contribution is 0.653. The maximum atomic E-state index is 7.65. The quantitative estimate of drug-likeness (QED) is 0.641. The molecule has 1 fully saturated rings. The van der Waals surface area contributed by atoms with Crippen molar-refractivity contribution in [2.75, 3.05) is 11.9 Å². The summed E-state index contributed by atoms with van der Waals surface area (Å²) in [5.74, 6) is 0.0375. The van der Waals surface area contributed by atoms with Crippen molar-refractivity contribution < 1.29 is 0 Å². The minimum atomic E-state index is 0.0375. The van der Waals surface area contributed by atoms with Gasteiger partial charge in [0, 0.05) is 18.8 Å². The van der Waals surface area contributed by atoms with Crippen LogP contribution in [0.25, 0.3) is 0 Å². The number of hydrogen-bond acceptors (Lipinski definition) is 2. The first-order chi connectivity index (χ1) is 8.11. The zero-order valence-corrected chi connectivity index (χ0v) is 10.8. The first kappa shape index (κ1) is 12.2. The van der Waals surface area contributed by atoms with E-state index in [1.54, 1.807) is 6.07 Å². The molecule has 3 nitrogen and oxygen atoms in total. The Morgan fingerprint density at radius 3 is 2.65 bits per heavy atom. The van der Waals surface area contributed by atoms with Crippen LogP contribution in [0, 0.1) is 5.41 Å². The predicted octanol–water partition coefficient (Wildman–Crippen LogP) is 3.00. The molecule has 4 heteroatoms. The van der Waals surface area contributed by atoms with E-state index >= 15 is 0 Å². The van der Waals surface area contributed by atoms with E-state index in [0.29, 0.717) is 16.6 Å². The molecule has 92 valence electrons. The van der Waals surface area contributed by atoms with Crippen LogP contribution >= 0.6 is 11.6 Å². The molecule has 1 saturated carbocycles. The summed E-state index contributed by atoms with van der Waals surface area (Å²) in [6, 6.07) is 6.23. The van der Waals surface area contributed by atoms with Gasteiger partial charge in [0.1, 0.15) is 5.84 Å². The average molecular weight is 252 g/mol. The lowest BCUT2D eigenvalue weighted by Crippen LogP contribution is -2.31. The maximum absolute atomic E-state index is 7.65. The second kappa shape index (κ2) is 4.96. The van der Waals surface area contributed by atoms with Crippen LogP contribution in [0.15, 0.2) is 18.2 Å². The normalized spacial score (nSPS) is 16.1. The summed E-state index contributed by atoms with van der Waals surface area (Å²) in [5.41, 5.74) is 7.25. The molecule has 0 unspecified atom stereocenters. The molecule has 0 atom stereocenters. The Bertz CT molecular complexity index is 425.